The standard InChI is InChI=1S/C16H29NO2/c1-13(18)11-14-7-4-3-5-10-17(14)15-8-6-9-16(12-15)19-2/h14-16H,3-12H2,1-2H3. The maximum absolute atomic E-state index is 11.5. The molecule has 1 aliphatic carbocycles. The van der Waals surface area contributed by atoms with Gasteiger partial charge in [-0.3, -0.25) is 9.69 Å². The fraction of sp³-hybridized carbons (Fsp3) is 0.938. The van der Waals surface area contributed by atoms with E-state index in [-0.39, 0.29) is 0 Å². The van der Waals surface area contributed by atoms with Gasteiger partial charge in [-0.05, 0) is 52.0 Å². The van der Waals surface area contributed by atoms with Gasteiger partial charge in [0, 0.05) is 25.6 Å². The molecule has 3 nitrogen and oxygen atoms in total. The summed E-state index contributed by atoms with van der Waals surface area (Å²) in [6.07, 6.45) is 11.2. The van der Waals surface area contributed by atoms with Gasteiger partial charge in [0.1, 0.15) is 5.78 Å². The SMILES string of the molecule is COC1CCCC(N2CCCCCC2CC(C)=O)C1. The first-order chi connectivity index (χ1) is 9.20. The number of Topliss-reactive ketones (excluding diaryl/α,β-unsaturated/α-hetero) is 1. The molecule has 0 N–H and O–H groups in total. The number of rotatable bonds is 4. The molecular weight excluding hydrogens is 238 g/mol. The average molecular weight is 267 g/mol. The van der Waals surface area contributed by atoms with E-state index in [4.69, 9.17) is 4.74 Å². The van der Waals surface area contributed by atoms with Crippen LogP contribution in [-0.4, -0.2) is 42.5 Å². The van der Waals surface area contributed by atoms with Gasteiger partial charge < -0.3 is 4.74 Å². The van der Waals surface area contributed by atoms with Crippen molar-refractivity contribution < 1.29 is 9.53 Å². The van der Waals surface area contributed by atoms with Crippen LogP contribution in [0.1, 0.15) is 64.7 Å². The van der Waals surface area contributed by atoms with Gasteiger partial charge in [0.2, 0.25) is 0 Å². The van der Waals surface area contributed by atoms with Crippen LogP contribution in [0.4, 0.5) is 0 Å². The first-order valence-corrected chi connectivity index (χ1v) is 7.98. The molecule has 0 aromatic carbocycles. The third-order valence-corrected chi connectivity index (χ3v) is 4.85. The summed E-state index contributed by atoms with van der Waals surface area (Å²) in [5.74, 6) is 0.344. The second-order valence-corrected chi connectivity index (χ2v) is 6.33. The summed E-state index contributed by atoms with van der Waals surface area (Å²) in [6.45, 7) is 2.92. The van der Waals surface area contributed by atoms with Crippen LogP contribution in [-0.2, 0) is 9.53 Å². The average Bonchev–Trinajstić information content (AvgIpc) is 2.63. The van der Waals surface area contributed by atoms with Crippen LogP contribution in [0.15, 0.2) is 0 Å². The van der Waals surface area contributed by atoms with Crippen molar-refractivity contribution in [2.45, 2.75) is 82.9 Å². The summed E-state index contributed by atoms with van der Waals surface area (Å²) in [5.41, 5.74) is 0. The van der Waals surface area contributed by atoms with Crippen molar-refractivity contribution in [2.24, 2.45) is 0 Å². The Labute approximate surface area is 117 Å². The first-order valence-electron chi connectivity index (χ1n) is 7.98. The molecule has 19 heavy (non-hydrogen) atoms. The smallest absolute Gasteiger partial charge is 0.131 e. The van der Waals surface area contributed by atoms with E-state index in [2.05, 4.69) is 4.90 Å². The zero-order valence-electron chi connectivity index (χ0n) is 12.6. The first kappa shape index (κ1) is 15.0. The fourth-order valence-electron chi connectivity index (χ4n) is 3.87. The van der Waals surface area contributed by atoms with Gasteiger partial charge in [-0.25, -0.2) is 0 Å². The summed E-state index contributed by atoms with van der Waals surface area (Å²) in [7, 11) is 1.84. The Kier molecular flexibility index (Phi) is 5.83. The lowest BCUT2D eigenvalue weighted by molar-refractivity contribution is -0.118. The van der Waals surface area contributed by atoms with Crippen LogP contribution in [0, 0.1) is 0 Å². The van der Waals surface area contributed by atoms with Crippen molar-refractivity contribution in [3.05, 3.63) is 0 Å². The topological polar surface area (TPSA) is 29.5 Å². The predicted molar refractivity (Wildman–Crippen MR) is 77.3 cm³/mol. The molecule has 2 aliphatic rings. The molecule has 0 aromatic heterocycles. The van der Waals surface area contributed by atoms with Crippen molar-refractivity contribution in [3.8, 4) is 0 Å². The lowest BCUT2D eigenvalue weighted by atomic mass is 9.90. The number of ether oxygens (including phenoxy) is 1. The maximum Gasteiger partial charge on any atom is 0.131 e. The largest absolute Gasteiger partial charge is 0.381 e. The van der Waals surface area contributed by atoms with Crippen LogP contribution in [0.25, 0.3) is 0 Å². The number of hydrogen-bond acceptors (Lipinski definition) is 3. The van der Waals surface area contributed by atoms with Gasteiger partial charge in [0.25, 0.3) is 0 Å². The molecule has 0 amide bonds. The highest BCUT2D eigenvalue weighted by molar-refractivity contribution is 5.76. The van der Waals surface area contributed by atoms with Crippen LogP contribution < -0.4 is 0 Å². The highest BCUT2D eigenvalue weighted by Gasteiger charge is 2.32. The molecule has 3 unspecified atom stereocenters. The number of carbonyl (C=O) groups excluding carboxylic acids is 1. The van der Waals surface area contributed by atoms with Gasteiger partial charge in [-0.2, -0.15) is 0 Å². The Bertz CT molecular complexity index is 292. The van der Waals surface area contributed by atoms with E-state index in [0.717, 1.165) is 12.8 Å². The number of ketones is 1. The summed E-state index contributed by atoms with van der Waals surface area (Å²) in [5, 5.41) is 0. The molecule has 0 spiro atoms. The summed E-state index contributed by atoms with van der Waals surface area (Å²) in [4.78, 5) is 14.2. The number of nitrogens with zero attached hydrogens (tertiary/aromatic N) is 1. The Balaban J connectivity index is 2.01. The maximum atomic E-state index is 11.5. The van der Waals surface area contributed by atoms with E-state index < -0.39 is 0 Å². The zero-order chi connectivity index (χ0) is 13.7. The minimum atomic E-state index is 0.344. The summed E-state index contributed by atoms with van der Waals surface area (Å²) in [6, 6.07) is 1.13. The van der Waals surface area contributed by atoms with Crippen LogP contribution in [0.5, 0.6) is 0 Å². The van der Waals surface area contributed by atoms with Crippen LogP contribution in [0.2, 0.25) is 0 Å². The Morgan fingerprint density at radius 3 is 2.74 bits per heavy atom. The molecule has 0 aromatic rings. The predicted octanol–water partition coefficient (Wildman–Crippen LogP) is 3.17. The second kappa shape index (κ2) is 7.39. The number of methoxy groups -OCH3 is 1. The van der Waals surface area contributed by atoms with Crippen molar-refractivity contribution >= 4 is 5.78 Å². The molecule has 0 bridgehead atoms. The van der Waals surface area contributed by atoms with Crippen LogP contribution >= 0.6 is 0 Å². The van der Waals surface area contributed by atoms with Gasteiger partial charge in [0.05, 0.1) is 6.10 Å². The number of likely N-dealkylation sites (tertiary alicyclic amines) is 1. The lowest BCUT2D eigenvalue weighted by Crippen LogP contribution is -2.47. The third-order valence-electron chi connectivity index (χ3n) is 4.85. The summed E-state index contributed by atoms with van der Waals surface area (Å²) < 4.78 is 5.57. The molecule has 1 saturated heterocycles. The lowest BCUT2D eigenvalue weighted by Gasteiger charge is -2.40. The molecule has 1 heterocycles. The molecule has 3 heteroatoms. The van der Waals surface area contributed by atoms with E-state index in [9.17, 15) is 4.79 Å². The van der Waals surface area contributed by atoms with Crippen molar-refractivity contribution in [2.75, 3.05) is 13.7 Å². The molecule has 3 atom stereocenters. The van der Waals surface area contributed by atoms with E-state index in [1.165, 1.54) is 51.5 Å². The molecule has 1 saturated carbocycles. The van der Waals surface area contributed by atoms with E-state index in [1.807, 2.05) is 7.11 Å². The molecule has 2 rings (SSSR count). The van der Waals surface area contributed by atoms with Crippen LogP contribution in [0.3, 0.4) is 0 Å². The van der Waals surface area contributed by atoms with Gasteiger partial charge >= 0.3 is 0 Å². The van der Waals surface area contributed by atoms with E-state index in [1.54, 1.807) is 6.92 Å². The molecule has 110 valence electrons. The Morgan fingerprint density at radius 1 is 1.16 bits per heavy atom. The quantitative estimate of drug-likeness (QED) is 0.783. The van der Waals surface area contributed by atoms with E-state index >= 15 is 0 Å². The third kappa shape index (κ3) is 4.28. The number of carbonyl (C=O) groups is 1. The monoisotopic (exact) mass is 267 g/mol. The molecule has 0 radical (unpaired) electrons. The van der Waals surface area contributed by atoms with E-state index in [0.29, 0.717) is 24.0 Å². The minimum absolute atomic E-state index is 0.344. The highest BCUT2D eigenvalue weighted by atomic mass is 16.5. The zero-order valence-corrected chi connectivity index (χ0v) is 12.6. The highest BCUT2D eigenvalue weighted by Crippen LogP contribution is 2.30. The van der Waals surface area contributed by atoms with Gasteiger partial charge in [0.15, 0.2) is 0 Å². The number of hydrogen-bond donors (Lipinski definition) is 0. The fourth-order valence-corrected chi connectivity index (χ4v) is 3.87. The van der Waals surface area contributed by atoms with Crippen molar-refractivity contribution in [1.29, 1.82) is 0 Å². The van der Waals surface area contributed by atoms with Gasteiger partial charge in [-0.1, -0.05) is 12.8 Å². The Morgan fingerprint density at radius 2 is 2.00 bits per heavy atom. The minimum Gasteiger partial charge on any atom is -0.381 e. The normalized spacial score (nSPS) is 33.9. The Hall–Kier alpha value is -0.410. The summed E-state index contributed by atoms with van der Waals surface area (Å²) >= 11 is 0. The van der Waals surface area contributed by atoms with Crippen molar-refractivity contribution in [1.82, 2.24) is 4.90 Å². The molecular formula is C16H29NO2. The molecule has 1 aliphatic heterocycles. The van der Waals surface area contributed by atoms with Crippen molar-refractivity contribution in [3.63, 3.8) is 0 Å². The molecule has 2 fully saturated rings. The van der Waals surface area contributed by atoms with Gasteiger partial charge in [-0.15, -0.1) is 0 Å². The second-order valence-electron chi connectivity index (χ2n) is 6.33.